The minimum atomic E-state index is -0.299. The molecule has 0 aromatic heterocycles. The molecule has 0 aliphatic carbocycles. The summed E-state index contributed by atoms with van der Waals surface area (Å²) in [6.07, 6.45) is 3.86. The topological polar surface area (TPSA) is 32.8 Å². The van der Waals surface area contributed by atoms with Crippen molar-refractivity contribution in [3.8, 4) is 0 Å². The van der Waals surface area contributed by atoms with Crippen LogP contribution in [-0.2, 0) is 16.1 Å². The van der Waals surface area contributed by atoms with E-state index in [1.54, 1.807) is 6.07 Å². The monoisotopic (exact) mass is 368 g/mol. The lowest BCUT2D eigenvalue weighted by atomic mass is 9.92. The molecule has 6 heteroatoms. The van der Waals surface area contributed by atoms with E-state index in [-0.39, 0.29) is 11.7 Å². The first-order valence-electron chi connectivity index (χ1n) is 9.13. The van der Waals surface area contributed by atoms with Crippen molar-refractivity contribution in [2.24, 2.45) is 5.92 Å². The van der Waals surface area contributed by atoms with Crippen molar-refractivity contribution in [2.75, 3.05) is 39.4 Å². The van der Waals surface area contributed by atoms with Gasteiger partial charge >= 0.3 is 0 Å². The minimum absolute atomic E-state index is 0.252. The van der Waals surface area contributed by atoms with Gasteiger partial charge in [-0.2, -0.15) is 0 Å². The highest BCUT2D eigenvalue weighted by Gasteiger charge is 2.23. The number of hydrogen-bond acceptors (Lipinski definition) is 3. The lowest BCUT2D eigenvalue weighted by Gasteiger charge is -2.33. The molecule has 1 amide bonds. The van der Waals surface area contributed by atoms with Gasteiger partial charge in [0, 0.05) is 37.6 Å². The molecule has 2 aliphatic rings. The number of rotatable bonds is 5. The van der Waals surface area contributed by atoms with Gasteiger partial charge < -0.3 is 9.64 Å². The highest BCUT2D eigenvalue weighted by atomic mass is 35.5. The van der Waals surface area contributed by atoms with Crippen LogP contribution in [0, 0.1) is 11.7 Å². The summed E-state index contributed by atoms with van der Waals surface area (Å²) in [5.41, 5.74) is 0.966. The molecule has 3 rings (SSSR count). The number of benzene rings is 1. The standard InChI is InChI=1S/C19H26ClFN2O2/c20-18-12-17(21)5-4-16(18)14-22-7-1-2-15(13-22)3-6-19(24)23-8-10-25-11-9-23/h4-5,12,15H,1-3,6-11,13-14H2. The van der Waals surface area contributed by atoms with Crippen LogP contribution in [0.2, 0.25) is 5.02 Å². The van der Waals surface area contributed by atoms with Crippen LogP contribution in [0.4, 0.5) is 4.39 Å². The maximum Gasteiger partial charge on any atom is 0.222 e. The average Bonchev–Trinajstić information content (AvgIpc) is 2.63. The van der Waals surface area contributed by atoms with Crippen molar-refractivity contribution in [3.63, 3.8) is 0 Å². The molecule has 4 nitrogen and oxygen atoms in total. The molecule has 1 atom stereocenters. The van der Waals surface area contributed by atoms with Gasteiger partial charge in [0.15, 0.2) is 0 Å². The van der Waals surface area contributed by atoms with Crippen molar-refractivity contribution in [3.05, 3.63) is 34.6 Å². The van der Waals surface area contributed by atoms with Gasteiger partial charge in [0.1, 0.15) is 5.82 Å². The molecular weight excluding hydrogens is 343 g/mol. The predicted octanol–water partition coefficient (Wildman–Crippen LogP) is 3.33. The smallest absolute Gasteiger partial charge is 0.222 e. The first kappa shape index (κ1) is 18.6. The Kier molecular flexibility index (Phi) is 6.68. The van der Waals surface area contributed by atoms with Crippen molar-refractivity contribution >= 4 is 17.5 Å². The van der Waals surface area contributed by atoms with Gasteiger partial charge in [-0.1, -0.05) is 17.7 Å². The fraction of sp³-hybridized carbons (Fsp3) is 0.632. The van der Waals surface area contributed by atoms with E-state index in [0.717, 1.165) is 51.1 Å². The Balaban J connectivity index is 1.46. The summed E-state index contributed by atoms with van der Waals surface area (Å²) >= 11 is 6.15. The Labute approximate surface area is 153 Å². The fourth-order valence-corrected chi connectivity index (χ4v) is 3.95. The molecule has 138 valence electrons. The first-order valence-corrected chi connectivity index (χ1v) is 9.51. The van der Waals surface area contributed by atoms with Crippen molar-refractivity contribution < 1.29 is 13.9 Å². The van der Waals surface area contributed by atoms with E-state index < -0.39 is 0 Å². The first-order chi connectivity index (χ1) is 12.1. The third kappa shape index (κ3) is 5.40. The van der Waals surface area contributed by atoms with Crippen LogP contribution in [0.3, 0.4) is 0 Å². The van der Waals surface area contributed by atoms with Gasteiger partial charge in [0.25, 0.3) is 0 Å². The summed E-state index contributed by atoms with van der Waals surface area (Å²) in [7, 11) is 0. The number of halogens is 2. The maximum atomic E-state index is 13.2. The molecule has 2 saturated heterocycles. The molecule has 0 N–H and O–H groups in total. The third-order valence-electron chi connectivity index (χ3n) is 5.14. The van der Waals surface area contributed by atoms with E-state index in [0.29, 0.717) is 30.6 Å². The van der Waals surface area contributed by atoms with Crippen LogP contribution in [0.15, 0.2) is 18.2 Å². The van der Waals surface area contributed by atoms with E-state index in [9.17, 15) is 9.18 Å². The van der Waals surface area contributed by atoms with Gasteiger partial charge in [-0.15, -0.1) is 0 Å². The van der Waals surface area contributed by atoms with E-state index >= 15 is 0 Å². The second-order valence-electron chi connectivity index (χ2n) is 7.01. The molecular formula is C19H26ClFN2O2. The van der Waals surface area contributed by atoms with Gasteiger partial charge in [-0.05, 0) is 49.4 Å². The van der Waals surface area contributed by atoms with Gasteiger partial charge in [0.2, 0.25) is 5.91 Å². The summed E-state index contributed by atoms with van der Waals surface area (Å²) in [6.45, 7) is 5.50. The highest BCUT2D eigenvalue weighted by Crippen LogP contribution is 2.25. The van der Waals surface area contributed by atoms with Crippen LogP contribution < -0.4 is 0 Å². The van der Waals surface area contributed by atoms with E-state index in [1.807, 2.05) is 4.90 Å². The summed E-state index contributed by atoms with van der Waals surface area (Å²) < 4.78 is 18.5. The number of hydrogen-bond donors (Lipinski definition) is 0. The van der Waals surface area contributed by atoms with Crippen molar-refractivity contribution in [1.82, 2.24) is 9.80 Å². The second kappa shape index (κ2) is 8.97. The molecule has 1 aromatic rings. The molecule has 0 saturated carbocycles. The summed E-state index contributed by atoms with van der Waals surface area (Å²) in [6, 6.07) is 4.60. The predicted molar refractivity (Wildman–Crippen MR) is 96.0 cm³/mol. The SMILES string of the molecule is O=C(CCC1CCCN(Cc2ccc(F)cc2Cl)C1)N1CCOCC1. The number of piperidine rings is 1. The minimum Gasteiger partial charge on any atom is -0.378 e. The second-order valence-corrected chi connectivity index (χ2v) is 7.42. The normalized spacial score (nSPS) is 22.2. The van der Waals surface area contributed by atoms with Crippen LogP contribution in [0.1, 0.15) is 31.2 Å². The van der Waals surface area contributed by atoms with Gasteiger partial charge in [0.05, 0.1) is 13.2 Å². The largest absolute Gasteiger partial charge is 0.378 e. The molecule has 0 spiro atoms. The molecule has 25 heavy (non-hydrogen) atoms. The van der Waals surface area contributed by atoms with E-state index in [4.69, 9.17) is 16.3 Å². The van der Waals surface area contributed by atoms with E-state index in [2.05, 4.69) is 4.90 Å². The Morgan fingerprint density at radius 3 is 2.84 bits per heavy atom. The molecule has 0 bridgehead atoms. The molecule has 2 heterocycles. The lowest BCUT2D eigenvalue weighted by Crippen LogP contribution is -2.41. The number of ether oxygens (including phenoxy) is 1. The Morgan fingerprint density at radius 2 is 2.08 bits per heavy atom. The number of nitrogens with zero attached hydrogens (tertiary/aromatic N) is 2. The van der Waals surface area contributed by atoms with Crippen LogP contribution in [0.25, 0.3) is 0 Å². The number of likely N-dealkylation sites (tertiary alicyclic amines) is 1. The zero-order valence-electron chi connectivity index (χ0n) is 14.6. The van der Waals surface area contributed by atoms with Gasteiger partial charge in [-0.25, -0.2) is 4.39 Å². The van der Waals surface area contributed by atoms with Gasteiger partial charge in [-0.3, -0.25) is 9.69 Å². The number of carbonyl (C=O) groups excluding carboxylic acids is 1. The summed E-state index contributed by atoms with van der Waals surface area (Å²) in [4.78, 5) is 16.6. The Bertz CT molecular complexity index is 593. The van der Waals surface area contributed by atoms with Crippen molar-refractivity contribution in [1.29, 1.82) is 0 Å². The molecule has 1 aromatic carbocycles. The lowest BCUT2D eigenvalue weighted by molar-refractivity contribution is -0.135. The number of carbonyl (C=O) groups is 1. The molecule has 2 aliphatic heterocycles. The van der Waals surface area contributed by atoms with Crippen molar-refractivity contribution in [2.45, 2.75) is 32.2 Å². The summed E-state index contributed by atoms with van der Waals surface area (Å²) in [5, 5.41) is 0.490. The summed E-state index contributed by atoms with van der Waals surface area (Å²) in [5.74, 6) is 0.492. The average molecular weight is 369 g/mol. The number of morpholine rings is 1. The quantitative estimate of drug-likeness (QED) is 0.799. The molecule has 2 fully saturated rings. The van der Waals surface area contributed by atoms with Crippen LogP contribution in [-0.4, -0.2) is 55.1 Å². The molecule has 1 unspecified atom stereocenters. The van der Waals surface area contributed by atoms with E-state index in [1.165, 1.54) is 18.6 Å². The maximum absolute atomic E-state index is 13.2. The fourth-order valence-electron chi connectivity index (χ4n) is 3.72. The molecule has 0 radical (unpaired) electrons. The van der Waals surface area contributed by atoms with Crippen LogP contribution in [0.5, 0.6) is 0 Å². The zero-order valence-corrected chi connectivity index (χ0v) is 15.3. The zero-order chi connectivity index (χ0) is 17.6. The third-order valence-corrected chi connectivity index (χ3v) is 5.49. The Morgan fingerprint density at radius 1 is 1.28 bits per heavy atom. The highest BCUT2D eigenvalue weighted by molar-refractivity contribution is 6.31. The number of amides is 1. The Hall–Kier alpha value is -1.17. The van der Waals surface area contributed by atoms with Crippen LogP contribution >= 0.6 is 11.6 Å².